The van der Waals surface area contributed by atoms with E-state index in [4.69, 9.17) is 28.4 Å². The number of alkyl halides is 3. The Labute approximate surface area is 324 Å². The molecule has 14 heteroatoms. The zero-order chi connectivity index (χ0) is 39.8. The van der Waals surface area contributed by atoms with Crippen LogP contribution in [0.4, 0.5) is 18.9 Å². The minimum absolute atomic E-state index is 0.0992. The van der Waals surface area contributed by atoms with Gasteiger partial charge in [0.15, 0.2) is 23.0 Å². The number of likely N-dealkylation sites (tertiary alicyclic amines) is 1. The van der Waals surface area contributed by atoms with Crippen molar-refractivity contribution >= 4 is 5.69 Å². The Kier molecular flexibility index (Phi) is 12.6. The van der Waals surface area contributed by atoms with Crippen LogP contribution in [0, 0.1) is 0 Å². The van der Waals surface area contributed by atoms with E-state index in [-0.39, 0.29) is 11.8 Å². The molecule has 2 aromatic heterocycles. The van der Waals surface area contributed by atoms with Gasteiger partial charge in [-0.25, -0.2) is 0 Å². The number of nitrogens with zero attached hydrogens (tertiary/aromatic N) is 4. The van der Waals surface area contributed by atoms with E-state index in [9.17, 15) is 13.2 Å². The highest BCUT2D eigenvalue weighted by Crippen LogP contribution is 2.42. The lowest BCUT2D eigenvalue weighted by Gasteiger charge is -2.40. The minimum Gasteiger partial charge on any atom is -0.493 e. The third-order valence-electron chi connectivity index (χ3n) is 9.74. The lowest BCUT2D eigenvalue weighted by atomic mass is 9.99. The molecule has 3 heterocycles. The lowest BCUT2D eigenvalue weighted by molar-refractivity contribution is -0.274. The minimum atomic E-state index is -4.78. The van der Waals surface area contributed by atoms with Gasteiger partial charge in [-0.3, -0.25) is 14.9 Å². The number of pyridine rings is 2. The van der Waals surface area contributed by atoms with Gasteiger partial charge in [0.1, 0.15) is 5.75 Å². The Morgan fingerprint density at radius 2 is 1.23 bits per heavy atom. The third kappa shape index (κ3) is 9.31. The number of anilines is 1. The van der Waals surface area contributed by atoms with Crippen LogP contribution < -0.4 is 38.1 Å². The average Bonchev–Trinajstić information content (AvgIpc) is 3.22. The maximum Gasteiger partial charge on any atom is 0.573 e. The van der Waals surface area contributed by atoms with Crippen LogP contribution >= 0.6 is 0 Å². The zero-order valence-electron chi connectivity index (χ0n) is 32.2. The topological polar surface area (TPSA) is 96.9 Å². The van der Waals surface area contributed by atoms with Gasteiger partial charge in [-0.1, -0.05) is 0 Å². The number of ether oxygens (including phenoxy) is 7. The summed E-state index contributed by atoms with van der Waals surface area (Å²) in [7, 11) is 9.42. The van der Waals surface area contributed by atoms with Crippen molar-refractivity contribution in [3.8, 4) is 62.6 Å². The highest BCUT2D eigenvalue weighted by molar-refractivity contribution is 5.71. The fourth-order valence-electron chi connectivity index (χ4n) is 7.05. The number of benzene rings is 3. The van der Waals surface area contributed by atoms with Crippen molar-refractivity contribution in [1.82, 2.24) is 14.9 Å². The largest absolute Gasteiger partial charge is 0.573 e. The molecule has 1 aliphatic heterocycles. The van der Waals surface area contributed by atoms with Gasteiger partial charge < -0.3 is 38.1 Å². The quantitative estimate of drug-likeness (QED) is 0.103. The van der Waals surface area contributed by atoms with Gasteiger partial charge in [-0.05, 0) is 96.3 Å². The molecule has 56 heavy (non-hydrogen) atoms. The summed E-state index contributed by atoms with van der Waals surface area (Å²) in [4.78, 5) is 13.8. The number of rotatable bonds is 15. The number of hydrogen-bond acceptors (Lipinski definition) is 11. The van der Waals surface area contributed by atoms with Crippen molar-refractivity contribution in [3.63, 3.8) is 0 Å². The molecule has 0 radical (unpaired) electrons. The van der Waals surface area contributed by atoms with Crippen LogP contribution in [0.2, 0.25) is 0 Å². The second-order valence-electron chi connectivity index (χ2n) is 13.1. The van der Waals surface area contributed by atoms with Crippen molar-refractivity contribution < 1.29 is 46.3 Å². The van der Waals surface area contributed by atoms with Crippen LogP contribution in [-0.2, 0) is 13.1 Å². The van der Waals surface area contributed by atoms with Crippen LogP contribution in [0.5, 0.6) is 40.2 Å². The maximum atomic E-state index is 13.0. The Bertz CT molecular complexity index is 2040. The maximum absolute atomic E-state index is 13.0. The van der Waals surface area contributed by atoms with Crippen molar-refractivity contribution in [1.29, 1.82) is 0 Å². The van der Waals surface area contributed by atoms with E-state index in [1.165, 1.54) is 12.1 Å². The molecular formula is C42H45F3N4O7. The summed E-state index contributed by atoms with van der Waals surface area (Å²) in [5, 5.41) is 0. The van der Waals surface area contributed by atoms with Gasteiger partial charge >= 0.3 is 6.36 Å². The summed E-state index contributed by atoms with van der Waals surface area (Å²) in [6.45, 7) is 2.80. The molecule has 0 atom stereocenters. The summed E-state index contributed by atoms with van der Waals surface area (Å²) in [6, 6.07) is 19.7. The van der Waals surface area contributed by atoms with Gasteiger partial charge in [-0.15, -0.1) is 13.2 Å². The Hall–Kier alpha value is -5.89. The fourth-order valence-corrected chi connectivity index (χ4v) is 7.05. The second kappa shape index (κ2) is 17.7. The normalized spacial score (nSPS) is 13.5. The average molecular weight is 775 g/mol. The monoisotopic (exact) mass is 774 g/mol. The van der Waals surface area contributed by atoms with Gasteiger partial charge in [0.05, 0.1) is 48.4 Å². The number of piperidine rings is 1. The van der Waals surface area contributed by atoms with E-state index in [0.717, 1.165) is 59.4 Å². The molecule has 0 amide bonds. The summed E-state index contributed by atoms with van der Waals surface area (Å²) in [6.07, 6.45) is 2.30. The van der Waals surface area contributed by atoms with E-state index in [0.29, 0.717) is 53.3 Å². The van der Waals surface area contributed by atoms with Crippen LogP contribution in [-0.4, -0.2) is 83.0 Å². The number of halogens is 3. The Morgan fingerprint density at radius 3 is 1.77 bits per heavy atom. The molecule has 1 aliphatic rings. The molecule has 0 unspecified atom stereocenters. The van der Waals surface area contributed by atoms with Gasteiger partial charge in [-0.2, -0.15) is 0 Å². The molecular weight excluding hydrogens is 729 g/mol. The highest BCUT2D eigenvalue weighted by atomic mass is 19.4. The SMILES string of the molecule is COc1cc(-c2cncc(CN3CCC(N(Cc4ccnc(-c5cc(OC)c(OC)c(OC)c5)c4)c4ccc(OC(F)(F)F)cc4)CC3)c2)cc(OC)c1OC. The number of hydrogen-bond donors (Lipinski definition) is 0. The van der Waals surface area contributed by atoms with Crippen LogP contribution in [0.15, 0.2) is 85.3 Å². The first kappa shape index (κ1) is 39.8. The molecule has 1 saturated heterocycles. The second-order valence-corrected chi connectivity index (χ2v) is 13.1. The van der Waals surface area contributed by atoms with Crippen molar-refractivity contribution in [2.75, 3.05) is 60.6 Å². The summed E-state index contributed by atoms with van der Waals surface area (Å²) >= 11 is 0. The molecule has 11 nitrogen and oxygen atoms in total. The smallest absolute Gasteiger partial charge is 0.493 e. The molecule has 0 N–H and O–H groups in total. The van der Waals surface area contributed by atoms with Gasteiger partial charge in [0, 0.05) is 67.6 Å². The van der Waals surface area contributed by atoms with Crippen LogP contribution in [0.25, 0.3) is 22.4 Å². The Morgan fingerprint density at radius 1 is 0.661 bits per heavy atom. The lowest BCUT2D eigenvalue weighted by Crippen LogP contribution is -2.44. The van der Waals surface area contributed by atoms with E-state index in [1.807, 2.05) is 48.8 Å². The predicted octanol–water partition coefficient (Wildman–Crippen LogP) is 8.43. The molecule has 0 bridgehead atoms. The van der Waals surface area contributed by atoms with Crippen LogP contribution in [0.3, 0.4) is 0 Å². The molecule has 6 rings (SSSR count). The third-order valence-corrected chi connectivity index (χ3v) is 9.74. The van der Waals surface area contributed by atoms with Crippen molar-refractivity contribution in [2.45, 2.75) is 38.3 Å². The van der Waals surface area contributed by atoms with E-state index >= 15 is 0 Å². The zero-order valence-corrected chi connectivity index (χ0v) is 32.2. The molecule has 1 fully saturated rings. The summed E-state index contributed by atoms with van der Waals surface area (Å²) in [5.74, 6) is 2.86. The molecule has 296 valence electrons. The van der Waals surface area contributed by atoms with Crippen molar-refractivity contribution in [3.05, 3.63) is 96.4 Å². The predicted molar refractivity (Wildman–Crippen MR) is 206 cm³/mol. The van der Waals surface area contributed by atoms with E-state index in [1.54, 1.807) is 61.0 Å². The first-order chi connectivity index (χ1) is 27.1. The molecule has 0 spiro atoms. The standard InChI is InChI=1S/C42H45F3N4O7/c1-50-36-19-29(20-37(51-2)40(36)54-5)31-17-28(23-46-24-31)25-48-15-12-33(13-16-48)49(32-7-9-34(10-8-32)56-42(43,44)45)26-27-11-14-47-35(18-27)30-21-38(52-3)41(55-6)39(22-30)53-4/h7-11,14,17-24,33H,12-13,15-16,25-26H2,1-6H3. The first-order valence-corrected chi connectivity index (χ1v) is 17.9. The highest BCUT2D eigenvalue weighted by Gasteiger charge is 2.31. The van der Waals surface area contributed by atoms with E-state index < -0.39 is 6.36 Å². The fraction of sp³-hybridized carbons (Fsp3) is 0.333. The number of aromatic nitrogens is 2. The number of methoxy groups -OCH3 is 6. The molecule has 3 aromatic carbocycles. The molecule has 0 saturated carbocycles. The van der Waals surface area contributed by atoms with Crippen molar-refractivity contribution in [2.24, 2.45) is 0 Å². The summed E-state index contributed by atoms with van der Waals surface area (Å²) in [5.41, 5.74) is 6.10. The van der Waals surface area contributed by atoms with Gasteiger partial charge in [0.25, 0.3) is 0 Å². The van der Waals surface area contributed by atoms with Crippen LogP contribution in [0.1, 0.15) is 24.0 Å². The van der Waals surface area contributed by atoms with E-state index in [2.05, 4.69) is 30.6 Å². The van der Waals surface area contributed by atoms with Gasteiger partial charge in [0.2, 0.25) is 11.5 Å². The molecule has 5 aromatic rings. The Balaban J connectivity index is 1.22. The summed E-state index contributed by atoms with van der Waals surface area (Å²) < 4.78 is 76.4. The first-order valence-electron chi connectivity index (χ1n) is 17.9. The molecule has 0 aliphatic carbocycles.